The molecule has 0 spiro atoms. The van der Waals surface area contributed by atoms with E-state index in [4.69, 9.17) is 10.2 Å². The van der Waals surface area contributed by atoms with Crippen LogP contribution in [0.3, 0.4) is 0 Å². The third-order valence-electron chi connectivity index (χ3n) is 4.40. The van der Waals surface area contributed by atoms with Crippen LogP contribution in [0.1, 0.15) is 38.0 Å². The Morgan fingerprint density at radius 3 is 1.45 bits per heavy atom. The Labute approximate surface area is 189 Å². The van der Waals surface area contributed by atoms with Crippen LogP contribution in [0.15, 0.2) is 91.0 Å². The first-order chi connectivity index (χ1) is 15.7. The topological polar surface area (TPSA) is 132 Å². The first-order valence-corrected chi connectivity index (χ1v) is 9.73. The van der Waals surface area contributed by atoms with Gasteiger partial charge in [-0.3, -0.25) is 4.79 Å². The van der Waals surface area contributed by atoms with Crippen molar-refractivity contribution in [2.24, 2.45) is 0 Å². The highest BCUT2D eigenvalue weighted by molar-refractivity contribution is 6.10. The van der Waals surface area contributed by atoms with E-state index >= 15 is 0 Å². The summed E-state index contributed by atoms with van der Waals surface area (Å²) in [4.78, 5) is 31.8. The van der Waals surface area contributed by atoms with Crippen LogP contribution >= 0.6 is 0 Å². The van der Waals surface area contributed by atoms with E-state index in [9.17, 15) is 24.6 Å². The zero-order valence-electron chi connectivity index (χ0n) is 17.7. The monoisotopic (exact) mass is 446 g/mol. The number of Topliss-reactive ketones (excluding diaryl/α,β-unsaturated/α-hetero) is 1. The number of rotatable bonds is 3. The number of phenols is 2. The van der Waals surface area contributed by atoms with Crippen molar-refractivity contribution < 1.29 is 34.8 Å². The molecule has 0 heterocycles. The molecule has 4 N–H and O–H groups in total. The van der Waals surface area contributed by atoms with E-state index < -0.39 is 11.9 Å². The summed E-state index contributed by atoms with van der Waals surface area (Å²) in [6, 6.07) is 25.1. The number of aromatic hydroxyl groups is 2. The van der Waals surface area contributed by atoms with Crippen LogP contribution in [-0.4, -0.2) is 38.1 Å². The number of carboxylic acids is 2. The van der Waals surface area contributed by atoms with Gasteiger partial charge >= 0.3 is 11.9 Å². The fourth-order valence-corrected chi connectivity index (χ4v) is 2.84. The van der Waals surface area contributed by atoms with Crippen molar-refractivity contribution in [1.82, 2.24) is 0 Å². The van der Waals surface area contributed by atoms with Crippen LogP contribution in [0.25, 0.3) is 10.8 Å². The fraction of sp³-hybridized carbons (Fsp3) is 0.0385. The van der Waals surface area contributed by atoms with Crippen LogP contribution in [0.2, 0.25) is 0 Å². The first kappa shape index (κ1) is 24.6. The van der Waals surface area contributed by atoms with Gasteiger partial charge in [-0.1, -0.05) is 60.7 Å². The second-order valence-electron chi connectivity index (χ2n) is 6.74. The predicted octanol–water partition coefficient (Wildman–Crippen LogP) is 5.22. The van der Waals surface area contributed by atoms with E-state index in [0.29, 0.717) is 16.5 Å². The Morgan fingerprint density at radius 2 is 1.06 bits per heavy atom. The molecule has 0 aromatic heterocycles. The molecule has 0 amide bonds. The number of benzene rings is 4. The Morgan fingerprint density at radius 1 is 0.636 bits per heavy atom. The molecule has 0 atom stereocenters. The highest BCUT2D eigenvalue weighted by Crippen LogP contribution is 2.35. The first-order valence-electron chi connectivity index (χ1n) is 9.73. The lowest BCUT2D eigenvalue weighted by Crippen LogP contribution is -1.94. The molecule has 0 saturated carbocycles. The van der Waals surface area contributed by atoms with E-state index in [1.165, 1.54) is 13.0 Å². The molecule has 0 aliphatic heterocycles. The van der Waals surface area contributed by atoms with Gasteiger partial charge in [0.15, 0.2) is 17.3 Å². The molecule has 4 aromatic rings. The van der Waals surface area contributed by atoms with Gasteiger partial charge in [-0.15, -0.1) is 0 Å². The molecule has 0 aliphatic rings. The minimum atomic E-state index is -0.879. The molecular formula is C26H22O7. The van der Waals surface area contributed by atoms with Crippen LogP contribution in [0, 0.1) is 0 Å². The number of carboxylic acid groups (broad SMARTS) is 2. The van der Waals surface area contributed by atoms with Gasteiger partial charge in [-0.2, -0.15) is 0 Å². The molecular weight excluding hydrogens is 424 g/mol. The second kappa shape index (κ2) is 11.7. The van der Waals surface area contributed by atoms with Crippen molar-refractivity contribution in [3.63, 3.8) is 0 Å². The Kier molecular flexibility index (Phi) is 8.70. The van der Waals surface area contributed by atoms with Gasteiger partial charge in [0.05, 0.1) is 16.7 Å². The Bertz CT molecular complexity index is 1200. The third-order valence-corrected chi connectivity index (χ3v) is 4.40. The fourth-order valence-electron chi connectivity index (χ4n) is 2.84. The molecule has 0 bridgehead atoms. The second-order valence-corrected chi connectivity index (χ2v) is 6.74. The Hall–Kier alpha value is -4.65. The number of hydrogen-bond donors (Lipinski definition) is 4. The molecule has 168 valence electrons. The molecule has 33 heavy (non-hydrogen) atoms. The van der Waals surface area contributed by atoms with Crippen LogP contribution < -0.4 is 0 Å². The van der Waals surface area contributed by atoms with Gasteiger partial charge in [-0.25, -0.2) is 9.59 Å². The average molecular weight is 446 g/mol. The molecule has 4 aromatic carbocycles. The summed E-state index contributed by atoms with van der Waals surface area (Å²) in [5.74, 6) is -2.63. The normalized spacial score (nSPS) is 9.61. The van der Waals surface area contributed by atoms with Crippen molar-refractivity contribution >= 4 is 28.5 Å². The molecule has 0 unspecified atom stereocenters. The largest absolute Gasteiger partial charge is 0.504 e. The summed E-state index contributed by atoms with van der Waals surface area (Å²) >= 11 is 0. The van der Waals surface area contributed by atoms with Gasteiger partial charge in [0.1, 0.15) is 0 Å². The quantitative estimate of drug-likeness (QED) is 0.250. The highest BCUT2D eigenvalue weighted by atomic mass is 16.4. The van der Waals surface area contributed by atoms with Crippen molar-refractivity contribution in [2.75, 3.05) is 0 Å². The van der Waals surface area contributed by atoms with Gasteiger partial charge in [0.25, 0.3) is 0 Å². The van der Waals surface area contributed by atoms with Crippen molar-refractivity contribution in [1.29, 1.82) is 0 Å². The van der Waals surface area contributed by atoms with Crippen molar-refractivity contribution in [3.8, 4) is 11.5 Å². The summed E-state index contributed by atoms with van der Waals surface area (Å²) < 4.78 is 0. The van der Waals surface area contributed by atoms with E-state index in [1.54, 1.807) is 78.9 Å². The smallest absolute Gasteiger partial charge is 0.335 e. The summed E-state index contributed by atoms with van der Waals surface area (Å²) in [5.41, 5.74) is 0.834. The lowest BCUT2D eigenvalue weighted by atomic mass is 10.0. The van der Waals surface area contributed by atoms with E-state index in [-0.39, 0.29) is 22.8 Å². The van der Waals surface area contributed by atoms with Crippen LogP contribution in [0.5, 0.6) is 11.5 Å². The average Bonchev–Trinajstić information content (AvgIpc) is 2.81. The molecule has 0 fully saturated rings. The van der Waals surface area contributed by atoms with E-state index in [0.717, 1.165) is 5.39 Å². The number of ketones is 1. The molecule has 7 heteroatoms. The molecule has 0 aliphatic carbocycles. The predicted molar refractivity (Wildman–Crippen MR) is 124 cm³/mol. The summed E-state index contributed by atoms with van der Waals surface area (Å²) in [7, 11) is 0. The molecule has 4 rings (SSSR count). The maximum absolute atomic E-state index is 11.4. The number of phenolic OH excluding ortho intramolecular Hbond substituents is 2. The summed E-state index contributed by atoms with van der Waals surface area (Å²) in [6.45, 7) is 1.36. The van der Waals surface area contributed by atoms with Crippen molar-refractivity contribution in [2.45, 2.75) is 6.92 Å². The summed E-state index contributed by atoms with van der Waals surface area (Å²) in [6.07, 6.45) is 0. The zero-order chi connectivity index (χ0) is 24.4. The number of aromatic carboxylic acids is 2. The van der Waals surface area contributed by atoms with Gasteiger partial charge in [0, 0.05) is 0 Å². The minimum Gasteiger partial charge on any atom is -0.504 e. The maximum Gasteiger partial charge on any atom is 0.335 e. The van der Waals surface area contributed by atoms with Gasteiger partial charge in [-0.05, 0) is 48.0 Å². The number of carbonyl (C=O) groups excluding carboxylic acids is 1. The number of carbonyl (C=O) groups is 3. The molecule has 0 saturated heterocycles. The Balaban J connectivity index is 0.000000186. The number of fused-ring (bicyclic) bond motifs is 1. The summed E-state index contributed by atoms with van der Waals surface area (Å²) in [5, 5.41) is 37.2. The maximum atomic E-state index is 11.4. The third kappa shape index (κ3) is 6.93. The lowest BCUT2D eigenvalue weighted by molar-refractivity contribution is 0.0686. The van der Waals surface area contributed by atoms with Crippen LogP contribution in [-0.2, 0) is 0 Å². The van der Waals surface area contributed by atoms with Crippen molar-refractivity contribution in [3.05, 3.63) is 108 Å². The highest BCUT2D eigenvalue weighted by Gasteiger charge is 2.15. The lowest BCUT2D eigenvalue weighted by Gasteiger charge is -2.07. The van der Waals surface area contributed by atoms with E-state index in [2.05, 4.69) is 0 Å². The van der Waals surface area contributed by atoms with Gasteiger partial charge in [0.2, 0.25) is 0 Å². The van der Waals surface area contributed by atoms with Gasteiger partial charge < -0.3 is 20.4 Å². The van der Waals surface area contributed by atoms with E-state index in [1.807, 2.05) is 6.07 Å². The van der Waals surface area contributed by atoms with Crippen LogP contribution in [0.4, 0.5) is 0 Å². The number of hydrogen-bond acceptors (Lipinski definition) is 5. The minimum absolute atomic E-state index is 0.172. The molecule has 7 nitrogen and oxygen atoms in total. The standard InChI is InChI=1S/C12H10O3.2C7H6O2/c1-7(13)11-9-5-3-2-4-8(9)6-10(14)12(11)15;2*8-7(9)6-4-2-1-3-5-6/h2-6,14-15H,1H3;2*1-5H,(H,8,9). The molecule has 0 radical (unpaired) electrons. The zero-order valence-corrected chi connectivity index (χ0v) is 17.7. The SMILES string of the molecule is CC(=O)c1c(O)c(O)cc2ccccc12.O=C(O)c1ccccc1.O=C(O)c1ccccc1.